The summed E-state index contributed by atoms with van der Waals surface area (Å²) in [7, 11) is -59.3. The number of hydrogen-bond acceptors (Lipinski definition) is 36. The van der Waals surface area contributed by atoms with Crippen LogP contribution in [0.25, 0.3) is 0 Å². The Kier molecular flexibility index (Phi) is 24.7. The quantitative estimate of drug-likeness (QED) is 0.0273. The van der Waals surface area contributed by atoms with E-state index in [1.807, 2.05) is 0 Å². The van der Waals surface area contributed by atoms with E-state index in [0.717, 1.165) is 0 Å². The molecule has 0 aromatic heterocycles. The summed E-state index contributed by atoms with van der Waals surface area (Å²) in [4.78, 5) is 0. The van der Waals surface area contributed by atoms with Gasteiger partial charge >= 0.3 is 104 Å². The standard InChI is InChI=1S/C20H38O46S10/c1-51-11(9(59-69(27,28)29)3-53-19-17(65-75(45,46)47)15(63-73(39,40)41)13(61-71(33,34)35)7(57-19)5-55-67(21,22)23)12(52-2)10(60-70(30,31)32)4-54-20-18(66-76(48,49)50)16(64-74(42,43)44)14(62-72(36,37)38)8(58-20)6-56-68(24,25)26/h7-20H,3-6H2,1-2H3,(H,21,22,23)(H,24,25,26)(H,27,28,29)(H,30,31,32)(H,33,34,35)(H,36,37,38)(H,39,40,41)(H,42,43,44)(H,45,46,47)(H,48,49,50)/t7-,8-,9+,10+,11-,12-,13-,14-,15-,16-,17+,18+,19-,20-/m1/s1. The van der Waals surface area contributed by atoms with Gasteiger partial charge in [0.15, 0.2) is 24.8 Å². The average molecular weight is 1340 g/mol. The molecule has 56 heteroatoms. The summed E-state index contributed by atoms with van der Waals surface area (Å²) in [6.45, 7) is -7.56. The molecule has 76 heavy (non-hydrogen) atoms. The van der Waals surface area contributed by atoms with Crippen molar-refractivity contribution in [2.24, 2.45) is 0 Å². The predicted molar refractivity (Wildman–Crippen MR) is 217 cm³/mol. The molecule has 2 heterocycles. The minimum atomic E-state index is -6.15. The maximum absolute atomic E-state index is 12.2. The molecule has 10 N–H and O–H groups in total. The highest BCUT2D eigenvalue weighted by Gasteiger charge is 2.57. The van der Waals surface area contributed by atoms with Gasteiger partial charge in [-0.1, -0.05) is 0 Å². The Labute approximate surface area is 428 Å². The lowest BCUT2D eigenvalue weighted by molar-refractivity contribution is -0.296. The lowest BCUT2D eigenvalue weighted by Gasteiger charge is -2.44. The van der Waals surface area contributed by atoms with E-state index in [1.165, 1.54) is 0 Å². The fourth-order valence-corrected chi connectivity index (χ4v) is 10.7. The van der Waals surface area contributed by atoms with Crippen molar-refractivity contribution in [1.29, 1.82) is 0 Å². The molecule has 14 atom stereocenters. The molecule has 0 aromatic rings. The predicted octanol–water partition coefficient (Wildman–Crippen LogP) is -8.36. The van der Waals surface area contributed by atoms with E-state index in [2.05, 4.69) is 41.8 Å². The first kappa shape index (κ1) is 70.6. The maximum atomic E-state index is 12.2. The zero-order chi connectivity index (χ0) is 59.2. The van der Waals surface area contributed by atoms with Crippen molar-refractivity contribution in [3.05, 3.63) is 0 Å². The van der Waals surface area contributed by atoms with E-state index in [1.54, 1.807) is 0 Å². The third kappa shape index (κ3) is 27.3. The summed E-state index contributed by atoms with van der Waals surface area (Å²) in [5.74, 6) is 0. The van der Waals surface area contributed by atoms with Crippen molar-refractivity contribution in [2.75, 3.05) is 40.6 Å². The molecule has 2 fully saturated rings. The topological polar surface area (TPSA) is 691 Å². The second-order valence-electron chi connectivity index (χ2n) is 13.6. The molecule has 0 bridgehead atoms. The molecule has 2 rings (SSSR count). The molecule has 2 aliphatic heterocycles. The van der Waals surface area contributed by atoms with Crippen LogP contribution in [0.2, 0.25) is 0 Å². The molecule has 0 unspecified atom stereocenters. The maximum Gasteiger partial charge on any atom is 0.397 e. The molecule has 0 aromatic carbocycles. The van der Waals surface area contributed by atoms with E-state index in [4.69, 9.17) is 37.5 Å². The van der Waals surface area contributed by atoms with Crippen molar-refractivity contribution in [3.8, 4) is 0 Å². The molecule has 0 radical (unpaired) electrons. The van der Waals surface area contributed by atoms with Gasteiger partial charge in [-0.3, -0.25) is 45.5 Å². The van der Waals surface area contributed by atoms with Gasteiger partial charge in [-0.15, -0.1) is 0 Å². The average Bonchev–Trinajstić information content (AvgIpc) is 3.15. The molecule has 0 spiro atoms. The van der Waals surface area contributed by atoms with E-state index in [9.17, 15) is 121 Å². The Hall–Kier alpha value is -1.54. The molecule has 0 saturated carbocycles. The van der Waals surface area contributed by atoms with E-state index >= 15 is 0 Å². The van der Waals surface area contributed by atoms with Crippen LogP contribution in [0, 0.1) is 0 Å². The van der Waals surface area contributed by atoms with Crippen LogP contribution < -0.4 is 0 Å². The van der Waals surface area contributed by atoms with Crippen LogP contribution >= 0.6 is 0 Å². The van der Waals surface area contributed by atoms with Crippen molar-refractivity contribution < 1.29 is 200 Å². The molecular formula is C20H38O46S10. The monoisotopic (exact) mass is 1330 g/mol. The van der Waals surface area contributed by atoms with Gasteiger partial charge in [-0.05, 0) is 0 Å². The van der Waals surface area contributed by atoms with Gasteiger partial charge < -0.3 is 28.4 Å². The summed E-state index contributed by atoms with van der Waals surface area (Å²) in [5, 5.41) is 0. The van der Waals surface area contributed by atoms with Crippen molar-refractivity contribution in [1.82, 2.24) is 0 Å². The lowest BCUT2D eigenvalue weighted by Crippen LogP contribution is -2.63. The number of hydrogen-bond donors (Lipinski definition) is 10. The molecule has 46 nitrogen and oxygen atoms in total. The Morgan fingerprint density at radius 2 is 0.579 bits per heavy atom. The van der Waals surface area contributed by atoms with Gasteiger partial charge in [0.1, 0.15) is 61.0 Å². The van der Waals surface area contributed by atoms with Crippen LogP contribution in [0.1, 0.15) is 0 Å². The van der Waals surface area contributed by atoms with Gasteiger partial charge in [-0.2, -0.15) is 84.2 Å². The number of ether oxygens (including phenoxy) is 6. The highest BCUT2D eigenvalue weighted by molar-refractivity contribution is 7.83. The fourth-order valence-electron chi connectivity index (χ4n) is 6.14. The summed E-state index contributed by atoms with van der Waals surface area (Å²) >= 11 is 0. The highest BCUT2D eigenvalue weighted by Crippen LogP contribution is 2.35. The Bertz CT molecular complexity index is 2910. The first-order chi connectivity index (χ1) is 33.8. The zero-order valence-corrected chi connectivity index (χ0v) is 44.3. The second kappa shape index (κ2) is 26.6. The summed E-state index contributed by atoms with van der Waals surface area (Å²) in [6, 6.07) is 0. The Morgan fingerprint density at radius 3 is 0.789 bits per heavy atom. The largest absolute Gasteiger partial charge is 0.397 e. The third-order valence-corrected chi connectivity index (χ3v) is 12.9. The number of rotatable bonds is 33. The van der Waals surface area contributed by atoms with Gasteiger partial charge in [0, 0.05) is 14.2 Å². The summed E-state index contributed by atoms with van der Waals surface area (Å²) in [6.07, 6.45) is -42.2. The van der Waals surface area contributed by atoms with Crippen LogP contribution in [0.4, 0.5) is 0 Å². The van der Waals surface area contributed by atoms with Crippen molar-refractivity contribution in [3.63, 3.8) is 0 Å². The summed E-state index contributed by atoms with van der Waals surface area (Å²) in [5.41, 5.74) is 0. The summed E-state index contributed by atoms with van der Waals surface area (Å²) < 4.78 is 403. The van der Waals surface area contributed by atoms with Crippen LogP contribution in [0.5, 0.6) is 0 Å². The number of methoxy groups -OCH3 is 2. The highest BCUT2D eigenvalue weighted by atomic mass is 32.3. The van der Waals surface area contributed by atoms with Crippen molar-refractivity contribution in [2.45, 2.75) is 85.8 Å². The van der Waals surface area contributed by atoms with E-state index in [-0.39, 0.29) is 0 Å². The third-order valence-electron chi connectivity index (χ3n) is 8.28. The van der Waals surface area contributed by atoms with Crippen molar-refractivity contribution >= 4 is 104 Å². The molecule has 0 amide bonds. The Balaban J connectivity index is 2.89. The lowest BCUT2D eigenvalue weighted by atomic mass is 9.99. The molecule has 0 aliphatic carbocycles. The van der Waals surface area contributed by atoms with E-state index in [0.29, 0.717) is 14.2 Å². The van der Waals surface area contributed by atoms with Gasteiger partial charge in [0.25, 0.3) is 0 Å². The van der Waals surface area contributed by atoms with Gasteiger partial charge in [0.2, 0.25) is 0 Å². The van der Waals surface area contributed by atoms with Gasteiger partial charge in [-0.25, -0.2) is 41.8 Å². The molecule has 454 valence electrons. The minimum Gasteiger partial charge on any atom is -0.376 e. The van der Waals surface area contributed by atoms with Gasteiger partial charge in [0.05, 0.1) is 26.4 Å². The van der Waals surface area contributed by atoms with Crippen LogP contribution in [-0.2, 0) is 174 Å². The molecule has 2 aliphatic rings. The first-order valence-electron chi connectivity index (χ1n) is 17.9. The second-order valence-corrected chi connectivity index (χ2v) is 24.2. The minimum absolute atomic E-state index is 0.465. The SMILES string of the molecule is CO[C@@H]([C@H](OC)[C@H](CO[C@@H]1O[C@H](COS(=O)(=O)O)[C@@H](OS(=O)(=O)O)[C@@H](OS(=O)(=O)O)[C@@H]1OS(=O)(=O)O)OS(=O)(=O)O)[C@H](CO[C@@H]1O[C@H](COS(=O)(=O)O)[C@@H](OS(=O)(=O)O)[C@@H](OS(=O)(=O)O)[C@@H]1OS(=O)(=O)O)OS(=O)(=O)O. The Morgan fingerprint density at radius 1 is 0.342 bits per heavy atom. The smallest absolute Gasteiger partial charge is 0.376 e. The zero-order valence-electron chi connectivity index (χ0n) is 36.2. The molecule has 2 saturated heterocycles. The van der Waals surface area contributed by atoms with Crippen LogP contribution in [0.15, 0.2) is 0 Å². The van der Waals surface area contributed by atoms with E-state index < -0.39 is 216 Å². The normalized spacial score (nSPS) is 27.8. The van der Waals surface area contributed by atoms with Crippen LogP contribution in [0.3, 0.4) is 0 Å². The van der Waals surface area contributed by atoms with Crippen LogP contribution in [-0.4, -0.2) is 256 Å². The molecular weight excluding hydrogens is 1300 g/mol. The fraction of sp³-hybridized carbons (Fsp3) is 1.00. The first-order valence-corrected chi connectivity index (χ1v) is 31.5.